The molecule has 0 aromatic heterocycles. The average molecular weight is 755 g/mol. The van der Waals surface area contributed by atoms with E-state index in [1.165, 1.54) is 109 Å². The first kappa shape index (κ1) is 50.7. The minimum atomic E-state index is -4.59. The fourth-order valence-corrected chi connectivity index (χ4v) is 6.59. The summed E-state index contributed by atoms with van der Waals surface area (Å²) < 4.78 is 23.1. The van der Waals surface area contributed by atoms with Crippen molar-refractivity contribution in [1.82, 2.24) is 5.32 Å². The highest BCUT2D eigenvalue weighted by atomic mass is 31.2. The van der Waals surface area contributed by atoms with Crippen molar-refractivity contribution in [2.75, 3.05) is 40.9 Å². The molecule has 0 radical (unpaired) electrons. The number of amides is 1. The number of hydrogen-bond acceptors (Lipinski definition) is 6. The molecule has 1 amide bonds. The van der Waals surface area contributed by atoms with E-state index in [-0.39, 0.29) is 12.5 Å². The average Bonchev–Trinajstić information content (AvgIpc) is 3.09. The summed E-state index contributed by atoms with van der Waals surface area (Å²) in [6, 6.07) is -0.904. The predicted molar refractivity (Wildman–Crippen MR) is 219 cm³/mol. The number of aliphatic hydroxyl groups is 1. The van der Waals surface area contributed by atoms with E-state index >= 15 is 0 Å². The molecule has 0 aliphatic rings. The maximum absolute atomic E-state index is 12.8. The molecule has 0 fully saturated rings. The summed E-state index contributed by atoms with van der Waals surface area (Å²) in [5.74, 6) is -0.218. The van der Waals surface area contributed by atoms with Crippen molar-refractivity contribution in [3.8, 4) is 0 Å². The molecule has 1 unspecified atom stereocenters. The molecule has 306 valence electrons. The van der Waals surface area contributed by atoms with E-state index in [0.29, 0.717) is 17.4 Å². The molecule has 0 bridgehead atoms. The van der Waals surface area contributed by atoms with Gasteiger partial charge in [0.2, 0.25) is 5.91 Å². The van der Waals surface area contributed by atoms with Crippen LogP contribution in [0.25, 0.3) is 0 Å². The summed E-state index contributed by atoms with van der Waals surface area (Å²) in [6.45, 7) is 4.60. The number of quaternary nitrogens is 1. The highest BCUT2D eigenvalue weighted by molar-refractivity contribution is 7.45. The maximum Gasteiger partial charge on any atom is 0.268 e. The zero-order chi connectivity index (χ0) is 38.6. The fraction of sp³-hybridized carbons (Fsp3) is 0.837. The first-order valence-electron chi connectivity index (χ1n) is 21.4. The molecule has 0 spiro atoms. The van der Waals surface area contributed by atoms with Gasteiger partial charge in [-0.2, -0.15) is 0 Å². The first-order chi connectivity index (χ1) is 25.0. The van der Waals surface area contributed by atoms with Crippen LogP contribution in [0.5, 0.6) is 0 Å². The van der Waals surface area contributed by atoms with Gasteiger partial charge >= 0.3 is 0 Å². The Labute approximate surface area is 321 Å². The maximum atomic E-state index is 12.8. The van der Waals surface area contributed by atoms with Crippen molar-refractivity contribution in [3.05, 3.63) is 36.5 Å². The normalized spacial score (nSPS) is 14.8. The number of unbranched alkanes of at least 4 members (excludes halogenated alkanes) is 21. The molecule has 8 nitrogen and oxygen atoms in total. The Bertz CT molecular complexity index is 948. The number of nitrogens with zero attached hydrogens (tertiary/aromatic N) is 1. The van der Waals surface area contributed by atoms with Crippen molar-refractivity contribution in [1.29, 1.82) is 0 Å². The predicted octanol–water partition coefficient (Wildman–Crippen LogP) is 10.9. The Morgan fingerprint density at radius 1 is 0.654 bits per heavy atom. The van der Waals surface area contributed by atoms with Gasteiger partial charge in [0.05, 0.1) is 39.9 Å². The number of phosphoric acid groups is 1. The van der Waals surface area contributed by atoms with Gasteiger partial charge in [-0.15, -0.1) is 0 Å². The number of nitrogens with one attached hydrogen (secondary N) is 1. The van der Waals surface area contributed by atoms with Crippen LogP contribution in [0.1, 0.15) is 181 Å². The van der Waals surface area contributed by atoms with Crippen LogP contribution in [-0.4, -0.2) is 68.5 Å². The zero-order valence-electron chi connectivity index (χ0n) is 34.5. The summed E-state index contributed by atoms with van der Waals surface area (Å²) in [5.41, 5.74) is 0. The molecule has 0 aliphatic heterocycles. The summed E-state index contributed by atoms with van der Waals surface area (Å²) in [4.78, 5) is 25.2. The smallest absolute Gasteiger partial charge is 0.268 e. The third-order valence-corrected chi connectivity index (χ3v) is 10.3. The number of hydrogen-bond donors (Lipinski definition) is 2. The van der Waals surface area contributed by atoms with Crippen LogP contribution in [0.2, 0.25) is 0 Å². The fourth-order valence-electron chi connectivity index (χ4n) is 5.87. The number of allylic oxidation sites excluding steroid dienone is 5. The van der Waals surface area contributed by atoms with Crippen LogP contribution in [-0.2, 0) is 18.4 Å². The third-order valence-electron chi connectivity index (χ3n) is 9.32. The molecular formula is C43H83N2O6P. The van der Waals surface area contributed by atoms with Gasteiger partial charge in [-0.05, 0) is 57.8 Å². The SMILES string of the molecule is CCCCCCCC/C=C/CCCCCCCC(=O)N[C@@H](COP(=O)([O-])OCC[N+](C)(C)C)[C@H](O)/C=C/CC/C=C/CCCCCCCCCCC. The van der Waals surface area contributed by atoms with Crippen LogP contribution in [0.4, 0.5) is 0 Å². The Kier molecular flexibility index (Phi) is 34.6. The highest BCUT2D eigenvalue weighted by Crippen LogP contribution is 2.38. The zero-order valence-corrected chi connectivity index (χ0v) is 35.4. The van der Waals surface area contributed by atoms with E-state index in [2.05, 4.69) is 43.5 Å². The van der Waals surface area contributed by atoms with Crippen molar-refractivity contribution >= 4 is 13.7 Å². The third kappa shape index (κ3) is 37.1. The van der Waals surface area contributed by atoms with Gasteiger partial charge in [-0.3, -0.25) is 9.36 Å². The Morgan fingerprint density at radius 2 is 1.08 bits per heavy atom. The lowest BCUT2D eigenvalue weighted by Crippen LogP contribution is -2.45. The van der Waals surface area contributed by atoms with Gasteiger partial charge in [0.1, 0.15) is 13.2 Å². The molecular weight excluding hydrogens is 671 g/mol. The van der Waals surface area contributed by atoms with Gasteiger partial charge in [0.25, 0.3) is 7.82 Å². The Balaban J connectivity index is 4.53. The van der Waals surface area contributed by atoms with Gasteiger partial charge in [0, 0.05) is 6.42 Å². The van der Waals surface area contributed by atoms with E-state index in [1.807, 2.05) is 27.2 Å². The summed E-state index contributed by atoms with van der Waals surface area (Å²) in [7, 11) is 1.24. The lowest BCUT2D eigenvalue weighted by atomic mass is 10.1. The second-order valence-corrected chi connectivity index (χ2v) is 17.1. The Hall–Kier alpha value is -1.28. The van der Waals surface area contributed by atoms with Crippen LogP contribution < -0.4 is 10.2 Å². The molecule has 0 saturated heterocycles. The minimum Gasteiger partial charge on any atom is -0.756 e. The second kappa shape index (κ2) is 35.4. The van der Waals surface area contributed by atoms with E-state index in [0.717, 1.165) is 51.4 Å². The van der Waals surface area contributed by atoms with Crippen molar-refractivity contribution in [2.45, 2.75) is 193 Å². The van der Waals surface area contributed by atoms with E-state index in [1.54, 1.807) is 6.08 Å². The molecule has 0 rings (SSSR count). The van der Waals surface area contributed by atoms with E-state index in [9.17, 15) is 19.4 Å². The van der Waals surface area contributed by atoms with Gasteiger partial charge in [0.15, 0.2) is 0 Å². The van der Waals surface area contributed by atoms with Crippen LogP contribution in [0.15, 0.2) is 36.5 Å². The molecule has 0 saturated carbocycles. The molecule has 52 heavy (non-hydrogen) atoms. The van der Waals surface area contributed by atoms with Gasteiger partial charge in [-0.25, -0.2) is 0 Å². The monoisotopic (exact) mass is 755 g/mol. The second-order valence-electron chi connectivity index (χ2n) is 15.7. The van der Waals surface area contributed by atoms with Gasteiger partial charge < -0.3 is 28.8 Å². The summed E-state index contributed by atoms with van der Waals surface area (Å²) in [5, 5.41) is 13.7. The quantitative estimate of drug-likeness (QED) is 0.0281. The molecule has 0 aromatic carbocycles. The number of rotatable bonds is 38. The first-order valence-corrected chi connectivity index (χ1v) is 22.8. The number of carbonyl (C=O) groups is 1. The highest BCUT2D eigenvalue weighted by Gasteiger charge is 2.23. The number of phosphoric ester groups is 1. The van der Waals surface area contributed by atoms with Gasteiger partial charge in [-0.1, -0.05) is 153 Å². The van der Waals surface area contributed by atoms with Crippen LogP contribution in [0, 0.1) is 0 Å². The Morgan fingerprint density at radius 3 is 1.56 bits per heavy atom. The molecule has 0 heterocycles. The molecule has 2 N–H and O–H groups in total. The van der Waals surface area contributed by atoms with E-state index < -0.39 is 26.6 Å². The lowest BCUT2D eigenvalue weighted by molar-refractivity contribution is -0.870. The number of carbonyl (C=O) groups excluding carboxylic acids is 1. The minimum absolute atomic E-state index is 0.00805. The number of aliphatic hydroxyl groups excluding tert-OH is 1. The molecule has 3 atom stereocenters. The largest absolute Gasteiger partial charge is 0.756 e. The molecule has 0 aromatic rings. The van der Waals surface area contributed by atoms with Crippen molar-refractivity contribution < 1.29 is 32.9 Å². The summed E-state index contributed by atoms with van der Waals surface area (Å²) in [6.07, 6.45) is 41.9. The van der Waals surface area contributed by atoms with Crippen molar-refractivity contribution in [2.24, 2.45) is 0 Å². The van der Waals surface area contributed by atoms with Crippen molar-refractivity contribution in [3.63, 3.8) is 0 Å². The lowest BCUT2D eigenvalue weighted by Gasteiger charge is -2.29. The standard InChI is InChI=1S/C43H83N2O6P/c1-6-8-10-12-14-16-18-20-22-24-26-28-30-32-34-36-42(46)41(40-51-52(48,49)50-39-38-45(3,4)5)44-43(47)37-35-33-31-29-27-25-23-21-19-17-15-13-11-9-7-2/h21,23,26,28,34,36,41-42,46H,6-20,22,24-25,27,29-33,35,37-40H2,1-5H3,(H-,44,47,48,49)/b23-21+,28-26+,36-34+/t41-,42+/m0/s1. The summed E-state index contributed by atoms with van der Waals surface area (Å²) >= 11 is 0. The van der Waals surface area contributed by atoms with E-state index in [4.69, 9.17) is 9.05 Å². The topological polar surface area (TPSA) is 108 Å². The molecule has 0 aliphatic carbocycles. The molecule has 9 heteroatoms. The van der Waals surface area contributed by atoms with Crippen LogP contribution in [0.3, 0.4) is 0 Å². The number of likely N-dealkylation sites (N-methyl/N-ethyl adjacent to an activating group) is 1. The van der Waals surface area contributed by atoms with Crippen LogP contribution >= 0.6 is 7.82 Å².